The van der Waals surface area contributed by atoms with Crippen LogP contribution in [0.25, 0.3) is 0 Å². The van der Waals surface area contributed by atoms with Crippen molar-refractivity contribution >= 4 is 11.6 Å². The molecule has 0 saturated carbocycles. The number of methoxy groups -OCH3 is 2. The summed E-state index contributed by atoms with van der Waals surface area (Å²) in [7, 11) is 3.21. The van der Waals surface area contributed by atoms with Crippen molar-refractivity contribution in [2.24, 2.45) is 0 Å². The Labute approximate surface area is 126 Å². The number of nitrogens with zero attached hydrogens (tertiary/aromatic N) is 1. The van der Waals surface area contributed by atoms with E-state index in [0.717, 1.165) is 31.6 Å². The number of hydrogen-bond acceptors (Lipinski definition) is 4. The molecule has 0 bridgehead atoms. The van der Waals surface area contributed by atoms with Crippen molar-refractivity contribution in [2.75, 3.05) is 32.6 Å². The van der Waals surface area contributed by atoms with Crippen LogP contribution >= 0.6 is 0 Å². The molecule has 1 fully saturated rings. The van der Waals surface area contributed by atoms with Gasteiger partial charge < -0.3 is 19.7 Å². The van der Waals surface area contributed by atoms with E-state index < -0.39 is 0 Å². The first kappa shape index (κ1) is 15.5. The fourth-order valence-electron chi connectivity index (χ4n) is 2.63. The zero-order valence-electron chi connectivity index (χ0n) is 13.0. The molecule has 2 rings (SSSR count). The van der Waals surface area contributed by atoms with Crippen molar-refractivity contribution < 1.29 is 14.3 Å². The van der Waals surface area contributed by atoms with Crippen molar-refractivity contribution in [3.63, 3.8) is 0 Å². The van der Waals surface area contributed by atoms with Crippen LogP contribution in [0.4, 0.5) is 5.69 Å². The molecule has 1 atom stereocenters. The number of benzene rings is 1. The molecule has 1 heterocycles. The molecule has 1 N–H and O–H groups in total. The first-order valence-electron chi connectivity index (χ1n) is 7.43. The number of nitrogens with one attached hydrogen (secondary N) is 1. The van der Waals surface area contributed by atoms with E-state index in [0.29, 0.717) is 11.5 Å². The molecular formula is C16H24N2O3. The zero-order chi connectivity index (χ0) is 15.2. The summed E-state index contributed by atoms with van der Waals surface area (Å²) in [5.41, 5.74) is 0.852. The average molecular weight is 292 g/mol. The summed E-state index contributed by atoms with van der Waals surface area (Å²) in [4.78, 5) is 14.3. The predicted molar refractivity (Wildman–Crippen MR) is 83.1 cm³/mol. The van der Waals surface area contributed by atoms with Crippen molar-refractivity contribution in [1.82, 2.24) is 4.90 Å². The molecule has 0 radical (unpaired) electrons. The van der Waals surface area contributed by atoms with Gasteiger partial charge in [-0.25, -0.2) is 0 Å². The van der Waals surface area contributed by atoms with E-state index in [1.807, 2.05) is 30.0 Å². The largest absolute Gasteiger partial charge is 0.493 e. The van der Waals surface area contributed by atoms with Crippen LogP contribution in [0.1, 0.15) is 26.2 Å². The number of piperidine rings is 1. The van der Waals surface area contributed by atoms with Gasteiger partial charge in [0.25, 0.3) is 0 Å². The Morgan fingerprint density at radius 2 is 1.81 bits per heavy atom. The third-order valence-electron chi connectivity index (χ3n) is 3.80. The lowest BCUT2D eigenvalue weighted by Gasteiger charge is -2.29. The highest BCUT2D eigenvalue weighted by Crippen LogP contribution is 2.30. The summed E-state index contributed by atoms with van der Waals surface area (Å²) in [6.07, 6.45) is 3.44. The molecule has 1 aliphatic heterocycles. The van der Waals surface area contributed by atoms with Crippen LogP contribution in [0, 0.1) is 0 Å². The van der Waals surface area contributed by atoms with Gasteiger partial charge >= 0.3 is 0 Å². The Morgan fingerprint density at radius 1 is 1.14 bits per heavy atom. The molecule has 0 aliphatic carbocycles. The molecule has 0 spiro atoms. The first-order chi connectivity index (χ1) is 10.2. The molecule has 1 saturated heterocycles. The molecule has 5 heteroatoms. The first-order valence-corrected chi connectivity index (χ1v) is 7.43. The number of ether oxygens (including phenoxy) is 2. The number of likely N-dealkylation sites (tertiary alicyclic amines) is 1. The van der Waals surface area contributed by atoms with Crippen LogP contribution in [0.2, 0.25) is 0 Å². The summed E-state index contributed by atoms with van der Waals surface area (Å²) >= 11 is 0. The maximum absolute atomic E-state index is 12.4. The SMILES string of the molecule is COc1ccc(N[C@@H](C)C(=O)N2CCCCC2)cc1OC. The molecule has 21 heavy (non-hydrogen) atoms. The number of carbonyl (C=O) groups is 1. The molecular weight excluding hydrogens is 268 g/mol. The average Bonchev–Trinajstić information content (AvgIpc) is 2.54. The molecule has 0 unspecified atom stereocenters. The summed E-state index contributed by atoms with van der Waals surface area (Å²) in [5, 5.41) is 3.24. The van der Waals surface area contributed by atoms with Gasteiger partial charge in [0.15, 0.2) is 11.5 Å². The molecule has 1 aromatic rings. The van der Waals surface area contributed by atoms with Crippen molar-refractivity contribution in [2.45, 2.75) is 32.2 Å². The van der Waals surface area contributed by atoms with E-state index in [4.69, 9.17) is 9.47 Å². The van der Waals surface area contributed by atoms with Crippen LogP contribution in [-0.4, -0.2) is 44.2 Å². The minimum Gasteiger partial charge on any atom is -0.493 e. The second-order valence-corrected chi connectivity index (χ2v) is 5.32. The third-order valence-corrected chi connectivity index (χ3v) is 3.80. The normalized spacial score (nSPS) is 16.2. The van der Waals surface area contributed by atoms with E-state index in [9.17, 15) is 4.79 Å². The van der Waals surface area contributed by atoms with E-state index in [1.165, 1.54) is 6.42 Å². The van der Waals surface area contributed by atoms with Gasteiger partial charge in [-0.2, -0.15) is 0 Å². The van der Waals surface area contributed by atoms with Gasteiger partial charge in [0.1, 0.15) is 6.04 Å². The second kappa shape index (κ2) is 7.20. The van der Waals surface area contributed by atoms with Crippen LogP contribution in [-0.2, 0) is 4.79 Å². The van der Waals surface area contributed by atoms with Crippen LogP contribution in [0.15, 0.2) is 18.2 Å². The maximum Gasteiger partial charge on any atom is 0.244 e. The van der Waals surface area contributed by atoms with Crippen LogP contribution < -0.4 is 14.8 Å². The standard InChI is InChI=1S/C16H24N2O3/c1-12(16(19)18-9-5-4-6-10-18)17-13-7-8-14(20-2)15(11-13)21-3/h7-8,11-12,17H,4-6,9-10H2,1-3H3/t12-/m0/s1. The Bertz CT molecular complexity index is 484. The van der Waals surface area contributed by atoms with Gasteiger partial charge in [0, 0.05) is 24.8 Å². The van der Waals surface area contributed by atoms with Gasteiger partial charge in [-0.05, 0) is 38.3 Å². The monoisotopic (exact) mass is 292 g/mol. The van der Waals surface area contributed by atoms with E-state index in [1.54, 1.807) is 14.2 Å². The number of anilines is 1. The van der Waals surface area contributed by atoms with E-state index in [2.05, 4.69) is 5.32 Å². The minimum atomic E-state index is -0.249. The summed E-state index contributed by atoms with van der Waals surface area (Å²) in [5.74, 6) is 1.49. The highest BCUT2D eigenvalue weighted by atomic mass is 16.5. The smallest absolute Gasteiger partial charge is 0.244 e. The lowest BCUT2D eigenvalue weighted by atomic mass is 10.1. The Balaban J connectivity index is 2.01. The third kappa shape index (κ3) is 3.80. The summed E-state index contributed by atoms with van der Waals surface area (Å²) in [6.45, 7) is 3.64. The van der Waals surface area contributed by atoms with Crippen LogP contribution in [0.5, 0.6) is 11.5 Å². The zero-order valence-corrected chi connectivity index (χ0v) is 13.0. The number of amides is 1. The molecule has 116 valence electrons. The number of hydrogen-bond donors (Lipinski definition) is 1. The predicted octanol–water partition coefficient (Wildman–Crippen LogP) is 2.52. The van der Waals surface area contributed by atoms with Gasteiger partial charge in [-0.15, -0.1) is 0 Å². The molecule has 1 amide bonds. The lowest BCUT2D eigenvalue weighted by molar-refractivity contribution is -0.132. The lowest BCUT2D eigenvalue weighted by Crippen LogP contribution is -2.43. The van der Waals surface area contributed by atoms with Crippen LogP contribution in [0.3, 0.4) is 0 Å². The highest BCUT2D eigenvalue weighted by molar-refractivity contribution is 5.84. The molecule has 0 aromatic heterocycles. The summed E-state index contributed by atoms with van der Waals surface area (Å²) in [6, 6.07) is 5.32. The van der Waals surface area contributed by atoms with Gasteiger partial charge in [0.05, 0.1) is 14.2 Å². The van der Waals surface area contributed by atoms with E-state index >= 15 is 0 Å². The van der Waals surface area contributed by atoms with Crippen molar-refractivity contribution in [3.05, 3.63) is 18.2 Å². The Hall–Kier alpha value is -1.91. The van der Waals surface area contributed by atoms with Crippen molar-refractivity contribution in [1.29, 1.82) is 0 Å². The Morgan fingerprint density at radius 3 is 2.43 bits per heavy atom. The highest BCUT2D eigenvalue weighted by Gasteiger charge is 2.22. The van der Waals surface area contributed by atoms with E-state index in [-0.39, 0.29) is 11.9 Å². The Kier molecular flexibility index (Phi) is 5.31. The topological polar surface area (TPSA) is 50.8 Å². The molecule has 1 aliphatic rings. The molecule has 5 nitrogen and oxygen atoms in total. The maximum atomic E-state index is 12.4. The minimum absolute atomic E-state index is 0.157. The van der Waals surface area contributed by atoms with Gasteiger partial charge in [-0.3, -0.25) is 4.79 Å². The number of rotatable bonds is 5. The fourth-order valence-corrected chi connectivity index (χ4v) is 2.63. The van der Waals surface area contributed by atoms with Gasteiger partial charge in [-0.1, -0.05) is 0 Å². The quantitative estimate of drug-likeness (QED) is 0.906. The second-order valence-electron chi connectivity index (χ2n) is 5.32. The van der Waals surface area contributed by atoms with Crippen molar-refractivity contribution in [3.8, 4) is 11.5 Å². The fraction of sp³-hybridized carbons (Fsp3) is 0.562. The molecule has 1 aromatic carbocycles. The number of carbonyl (C=O) groups excluding carboxylic acids is 1. The summed E-state index contributed by atoms with van der Waals surface area (Å²) < 4.78 is 10.5. The van der Waals surface area contributed by atoms with Gasteiger partial charge in [0.2, 0.25) is 5.91 Å².